The summed E-state index contributed by atoms with van der Waals surface area (Å²) in [5.74, 6) is -0.855. The molecule has 9 nitrogen and oxygen atoms in total. The van der Waals surface area contributed by atoms with Crippen molar-refractivity contribution in [1.29, 1.82) is 0 Å². The number of anilines is 1. The Morgan fingerprint density at radius 2 is 1.96 bits per heavy atom. The second-order valence-electron chi connectivity index (χ2n) is 7.15. The fourth-order valence-electron chi connectivity index (χ4n) is 4.02. The van der Waals surface area contributed by atoms with E-state index in [9.17, 15) is 19.7 Å². The highest BCUT2D eigenvalue weighted by Gasteiger charge is 2.38. The highest BCUT2D eigenvalue weighted by atomic mass is 35.5. The van der Waals surface area contributed by atoms with E-state index in [1.165, 1.54) is 12.1 Å². The molecule has 0 saturated carbocycles. The zero-order valence-electron chi connectivity index (χ0n) is 15.7. The van der Waals surface area contributed by atoms with Crippen molar-refractivity contribution in [2.45, 2.75) is 31.3 Å². The van der Waals surface area contributed by atoms with Gasteiger partial charge < -0.3 is 10.0 Å². The van der Waals surface area contributed by atoms with E-state index < -0.39 is 10.9 Å². The molecule has 1 aromatic carbocycles. The molecule has 2 aliphatic heterocycles. The first-order valence-corrected chi connectivity index (χ1v) is 9.08. The van der Waals surface area contributed by atoms with Crippen molar-refractivity contribution >= 4 is 35.7 Å². The van der Waals surface area contributed by atoms with Crippen molar-refractivity contribution in [3.8, 4) is 0 Å². The standard InChI is InChI=1S/C18H24N4O5.ClH/c1-19(12-17(23)24)13-5-8-20(9-6-13)16-7-10-21(18(16)25)14-3-2-4-15(11-14)22(26)27;/h2-4,11,13,16H,5-10,12H2,1H3,(H,23,24);1H. The maximum absolute atomic E-state index is 12.9. The summed E-state index contributed by atoms with van der Waals surface area (Å²) >= 11 is 0. The van der Waals surface area contributed by atoms with Crippen LogP contribution in [0.4, 0.5) is 11.4 Å². The van der Waals surface area contributed by atoms with Crippen LogP contribution in [-0.4, -0.2) is 77.0 Å². The van der Waals surface area contributed by atoms with Gasteiger partial charge in [0.05, 0.1) is 23.2 Å². The molecule has 1 aromatic rings. The molecule has 2 aliphatic rings. The molecular formula is C18H25ClN4O5. The van der Waals surface area contributed by atoms with Gasteiger partial charge in [0, 0.05) is 37.8 Å². The number of non-ortho nitro benzene ring substituents is 1. The summed E-state index contributed by atoms with van der Waals surface area (Å²) in [7, 11) is 1.82. The molecule has 2 heterocycles. The van der Waals surface area contributed by atoms with Gasteiger partial charge in [-0.3, -0.25) is 29.5 Å². The van der Waals surface area contributed by atoms with Crippen LogP contribution in [0.5, 0.6) is 0 Å². The van der Waals surface area contributed by atoms with Crippen LogP contribution in [0.1, 0.15) is 19.3 Å². The summed E-state index contributed by atoms with van der Waals surface area (Å²) in [4.78, 5) is 39.9. The molecule has 0 aromatic heterocycles. The van der Waals surface area contributed by atoms with Gasteiger partial charge in [0.1, 0.15) is 0 Å². The minimum Gasteiger partial charge on any atom is -0.480 e. The van der Waals surface area contributed by atoms with Gasteiger partial charge in [-0.2, -0.15) is 0 Å². The van der Waals surface area contributed by atoms with E-state index in [4.69, 9.17) is 5.11 Å². The molecule has 28 heavy (non-hydrogen) atoms. The third-order valence-electron chi connectivity index (χ3n) is 5.48. The molecule has 3 rings (SSSR count). The van der Waals surface area contributed by atoms with E-state index >= 15 is 0 Å². The van der Waals surface area contributed by atoms with E-state index in [0.29, 0.717) is 18.7 Å². The molecule has 0 aliphatic carbocycles. The summed E-state index contributed by atoms with van der Waals surface area (Å²) in [6.07, 6.45) is 2.34. The Hall–Kier alpha value is -2.23. The van der Waals surface area contributed by atoms with Gasteiger partial charge in [-0.15, -0.1) is 12.4 Å². The Kier molecular flexibility index (Phi) is 7.34. The minimum absolute atomic E-state index is 0. The smallest absolute Gasteiger partial charge is 0.317 e. The fourth-order valence-corrected chi connectivity index (χ4v) is 4.02. The number of likely N-dealkylation sites (tertiary alicyclic amines) is 1. The summed E-state index contributed by atoms with van der Waals surface area (Å²) in [6, 6.07) is 6.17. The molecule has 1 amide bonds. The van der Waals surface area contributed by atoms with E-state index in [1.54, 1.807) is 17.0 Å². The van der Waals surface area contributed by atoms with Crippen LogP contribution in [0.15, 0.2) is 24.3 Å². The summed E-state index contributed by atoms with van der Waals surface area (Å²) in [6.45, 7) is 2.05. The van der Waals surface area contributed by atoms with Crippen molar-refractivity contribution in [2.24, 2.45) is 0 Å². The van der Waals surface area contributed by atoms with Gasteiger partial charge in [0.25, 0.3) is 5.69 Å². The number of carboxylic acid groups (broad SMARTS) is 1. The number of nitrogens with zero attached hydrogens (tertiary/aromatic N) is 4. The number of aliphatic carboxylic acids is 1. The van der Waals surface area contributed by atoms with E-state index in [1.807, 2.05) is 11.9 Å². The monoisotopic (exact) mass is 412 g/mol. The molecule has 0 spiro atoms. The van der Waals surface area contributed by atoms with Crippen molar-refractivity contribution < 1.29 is 19.6 Å². The molecule has 0 radical (unpaired) electrons. The Labute approximate surface area is 169 Å². The van der Waals surface area contributed by atoms with Crippen LogP contribution in [0.3, 0.4) is 0 Å². The van der Waals surface area contributed by atoms with Crippen LogP contribution in [-0.2, 0) is 9.59 Å². The second-order valence-corrected chi connectivity index (χ2v) is 7.15. The first kappa shape index (κ1) is 22.1. The maximum atomic E-state index is 12.9. The number of carboxylic acids is 1. The van der Waals surface area contributed by atoms with Gasteiger partial charge in [-0.05, 0) is 32.4 Å². The van der Waals surface area contributed by atoms with Gasteiger partial charge in [0.15, 0.2) is 0 Å². The SMILES string of the molecule is CN(CC(=O)O)C1CCN(C2CCN(c3cccc([N+](=O)[O-])c3)C2=O)CC1.Cl. The van der Waals surface area contributed by atoms with Gasteiger partial charge in [-0.1, -0.05) is 6.07 Å². The predicted octanol–water partition coefficient (Wildman–Crippen LogP) is 1.60. The normalized spacial score (nSPS) is 21.0. The lowest BCUT2D eigenvalue weighted by Gasteiger charge is -2.38. The molecule has 2 fully saturated rings. The Morgan fingerprint density at radius 3 is 2.57 bits per heavy atom. The van der Waals surface area contributed by atoms with Gasteiger partial charge in [0.2, 0.25) is 5.91 Å². The lowest BCUT2D eigenvalue weighted by atomic mass is 10.0. The number of benzene rings is 1. The zero-order valence-corrected chi connectivity index (χ0v) is 16.5. The first-order valence-electron chi connectivity index (χ1n) is 9.08. The lowest BCUT2D eigenvalue weighted by molar-refractivity contribution is -0.384. The van der Waals surface area contributed by atoms with E-state index in [0.717, 1.165) is 25.9 Å². The average Bonchev–Trinajstić information content (AvgIpc) is 3.03. The topological polar surface area (TPSA) is 107 Å². The Morgan fingerprint density at radius 1 is 1.29 bits per heavy atom. The van der Waals surface area contributed by atoms with Gasteiger partial charge >= 0.3 is 5.97 Å². The zero-order chi connectivity index (χ0) is 19.6. The minimum atomic E-state index is -0.835. The quantitative estimate of drug-likeness (QED) is 0.558. The number of nitro benzene ring substituents is 1. The predicted molar refractivity (Wildman–Crippen MR) is 106 cm³/mol. The maximum Gasteiger partial charge on any atom is 0.317 e. The number of carbonyl (C=O) groups is 2. The lowest BCUT2D eigenvalue weighted by Crippen LogP contribution is -2.50. The average molecular weight is 413 g/mol. The first-order chi connectivity index (χ1) is 12.9. The number of rotatable bonds is 6. The molecule has 10 heteroatoms. The largest absolute Gasteiger partial charge is 0.480 e. The summed E-state index contributed by atoms with van der Waals surface area (Å²) in [5.41, 5.74) is 0.541. The summed E-state index contributed by atoms with van der Waals surface area (Å²) in [5, 5.41) is 19.9. The van der Waals surface area contributed by atoms with Crippen molar-refractivity contribution in [3.63, 3.8) is 0 Å². The highest BCUT2D eigenvalue weighted by molar-refractivity contribution is 5.99. The molecule has 2 saturated heterocycles. The summed E-state index contributed by atoms with van der Waals surface area (Å²) < 4.78 is 0. The van der Waals surface area contributed by atoms with Crippen LogP contribution in [0, 0.1) is 10.1 Å². The molecule has 154 valence electrons. The molecule has 1 atom stereocenters. The number of hydrogen-bond acceptors (Lipinski definition) is 6. The number of nitro groups is 1. The molecular weight excluding hydrogens is 388 g/mol. The number of piperidine rings is 1. The van der Waals surface area contributed by atoms with Crippen LogP contribution in [0.25, 0.3) is 0 Å². The van der Waals surface area contributed by atoms with Crippen molar-refractivity contribution in [1.82, 2.24) is 9.80 Å². The van der Waals surface area contributed by atoms with Crippen molar-refractivity contribution in [2.75, 3.05) is 38.1 Å². The third kappa shape index (κ3) is 4.78. The Bertz CT molecular complexity index is 738. The second kappa shape index (κ2) is 9.31. The van der Waals surface area contributed by atoms with E-state index in [-0.39, 0.29) is 42.6 Å². The number of amides is 1. The number of hydrogen-bond donors (Lipinski definition) is 1. The van der Waals surface area contributed by atoms with Crippen LogP contribution >= 0.6 is 12.4 Å². The number of likely N-dealkylation sites (N-methyl/N-ethyl adjacent to an activating group) is 1. The van der Waals surface area contributed by atoms with Crippen LogP contribution < -0.4 is 4.90 Å². The van der Waals surface area contributed by atoms with Gasteiger partial charge in [-0.25, -0.2) is 0 Å². The fraction of sp³-hybridized carbons (Fsp3) is 0.556. The molecule has 1 N–H and O–H groups in total. The highest BCUT2D eigenvalue weighted by Crippen LogP contribution is 2.29. The van der Waals surface area contributed by atoms with Crippen molar-refractivity contribution in [3.05, 3.63) is 34.4 Å². The number of halogens is 1. The molecule has 1 unspecified atom stereocenters. The Balaban J connectivity index is 0.00000280. The van der Waals surface area contributed by atoms with E-state index in [2.05, 4.69) is 4.90 Å². The van der Waals surface area contributed by atoms with Crippen LogP contribution in [0.2, 0.25) is 0 Å². The number of carbonyl (C=O) groups excluding carboxylic acids is 1. The third-order valence-corrected chi connectivity index (χ3v) is 5.48. The molecule has 0 bridgehead atoms.